The SMILES string of the molecule is CC(NC(=O)C1CCN(C(=O)/C=C/c2ccccc2)CC1)c1ccncc1. The number of nitrogens with zero attached hydrogens (tertiary/aromatic N) is 2. The number of likely N-dealkylation sites (tertiary alicyclic amines) is 1. The first-order valence-electron chi connectivity index (χ1n) is 9.36. The van der Waals surface area contributed by atoms with Crippen LogP contribution in [-0.4, -0.2) is 34.8 Å². The molecule has 2 heterocycles. The molecule has 2 aromatic rings. The average Bonchev–Trinajstić information content (AvgIpc) is 2.73. The summed E-state index contributed by atoms with van der Waals surface area (Å²) in [6.45, 7) is 3.19. The van der Waals surface area contributed by atoms with Gasteiger partial charge in [0.05, 0.1) is 6.04 Å². The number of piperidine rings is 1. The van der Waals surface area contributed by atoms with E-state index in [0.717, 1.165) is 11.1 Å². The minimum Gasteiger partial charge on any atom is -0.349 e. The molecule has 1 aromatic carbocycles. The van der Waals surface area contributed by atoms with Crippen molar-refractivity contribution < 1.29 is 9.59 Å². The van der Waals surface area contributed by atoms with Crippen LogP contribution < -0.4 is 5.32 Å². The van der Waals surface area contributed by atoms with Crippen LogP contribution in [0.1, 0.15) is 36.9 Å². The summed E-state index contributed by atoms with van der Waals surface area (Å²) in [5, 5.41) is 3.07. The van der Waals surface area contributed by atoms with Crippen LogP contribution in [-0.2, 0) is 9.59 Å². The van der Waals surface area contributed by atoms with Crippen LogP contribution in [0.4, 0.5) is 0 Å². The predicted molar refractivity (Wildman–Crippen MR) is 106 cm³/mol. The highest BCUT2D eigenvalue weighted by Gasteiger charge is 2.27. The van der Waals surface area contributed by atoms with Crippen LogP contribution in [0.2, 0.25) is 0 Å². The van der Waals surface area contributed by atoms with Crippen molar-refractivity contribution in [1.29, 1.82) is 0 Å². The molecular formula is C22H25N3O2. The first kappa shape index (κ1) is 18.8. The Morgan fingerprint density at radius 3 is 2.44 bits per heavy atom. The number of aromatic nitrogens is 1. The maximum absolute atomic E-state index is 12.5. The number of rotatable bonds is 5. The summed E-state index contributed by atoms with van der Waals surface area (Å²) in [5.74, 6) is 0.0190. The number of carbonyl (C=O) groups is 2. The topological polar surface area (TPSA) is 62.3 Å². The van der Waals surface area contributed by atoms with Crippen LogP contribution in [0, 0.1) is 5.92 Å². The number of nitrogens with one attached hydrogen (secondary N) is 1. The average molecular weight is 363 g/mol. The quantitative estimate of drug-likeness (QED) is 0.830. The molecule has 1 saturated heterocycles. The van der Waals surface area contributed by atoms with Gasteiger partial charge in [-0.25, -0.2) is 0 Å². The van der Waals surface area contributed by atoms with E-state index in [1.807, 2.05) is 60.4 Å². The molecule has 1 N–H and O–H groups in total. The molecule has 1 unspecified atom stereocenters. The third-order valence-electron chi connectivity index (χ3n) is 4.96. The summed E-state index contributed by atoms with van der Waals surface area (Å²) >= 11 is 0. The van der Waals surface area contributed by atoms with Crippen LogP contribution in [0.3, 0.4) is 0 Å². The summed E-state index contributed by atoms with van der Waals surface area (Å²) in [4.78, 5) is 30.7. The van der Waals surface area contributed by atoms with E-state index in [0.29, 0.717) is 25.9 Å². The summed E-state index contributed by atoms with van der Waals surface area (Å²) in [7, 11) is 0. The zero-order chi connectivity index (χ0) is 19.1. The molecule has 3 rings (SSSR count). The lowest BCUT2D eigenvalue weighted by molar-refractivity contribution is -0.132. The van der Waals surface area contributed by atoms with Gasteiger partial charge in [-0.2, -0.15) is 0 Å². The minimum atomic E-state index is -0.0473. The highest BCUT2D eigenvalue weighted by molar-refractivity contribution is 5.92. The van der Waals surface area contributed by atoms with E-state index in [1.165, 1.54) is 0 Å². The summed E-state index contributed by atoms with van der Waals surface area (Å²) in [6.07, 6.45) is 8.29. The van der Waals surface area contributed by atoms with Gasteiger partial charge < -0.3 is 10.2 Å². The van der Waals surface area contributed by atoms with Gasteiger partial charge in [0.1, 0.15) is 0 Å². The Morgan fingerprint density at radius 2 is 1.78 bits per heavy atom. The predicted octanol–water partition coefficient (Wildman–Crippen LogP) is 3.21. The first-order valence-corrected chi connectivity index (χ1v) is 9.36. The molecule has 5 heteroatoms. The molecule has 2 amide bonds. The van der Waals surface area contributed by atoms with Gasteiger partial charge >= 0.3 is 0 Å². The smallest absolute Gasteiger partial charge is 0.246 e. The van der Waals surface area contributed by atoms with E-state index >= 15 is 0 Å². The molecule has 1 aliphatic heterocycles. The van der Waals surface area contributed by atoms with Gasteiger partial charge in [0.25, 0.3) is 0 Å². The van der Waals surface area contributed by atoms with Crippen molar-refractivity contribution in [2.45, 2.75) is 25.8 Å². The maximum Gasteiger partial charge on any atom is 0.246 e. The number of carbonyl (C=O) groups excluding carboxylic acids is 2. The largest absolute Gasteiger partial charge is 0.349 e. The highest BCUT2D eigenvalue weighted by Crippen LogP contribution is 2.20. The van der Waals surface area contributed by atoms with Crippen LogP contribution in [0.25, 0.3) is 6.08 Å². The van der Waals surface area contributed by atoms with Crippen molar-refractivity contribution in [3.8, 4) is 0 Å². The van der Waals surface area contributed by atoms with E-state index in [4.69, 9.17) is 0 Å². The molecule has 5 nitrogen and oxygen atoms in total. The van der Waals surface area contributed by atoms with E-state index < -0.39 is 0 Å². The fraction of sp³-hybridized carbons (Fsp3) is 0.318. The molecule has 0 saturated carbocycles. The Balaban J connectivity index is 1.47. The molecule has 27 heavy (non-hydrogen) atoms. The second kappa shape index (κ2) is 9.12. The van der Waals surface area contributed by atoms with E-state index in [1.54, 1.807) is 18.5 Å². The lowest BCUT2D eigenvalue weighted by Crippen LogP contribution is -2.43. The van der Waals surface area contributed by atoms with Crippen molar-refractivity contribution in [2.75, 3.05) is 13.1 Å². The first-order chi connectivity index (χ1) is 13.1. The zero-order valence-electron chi connectivity index (χ0n) is 15.5. The normalized spacial score (nSPS) is 16.3. The van der Waals surface area contributed by atoms with Crippen molar-refractivity contribution in [3.05, 3.63) is 72.1 Å². The molecule has 0 aliphatic carbocycles. The maximum atomic E-state index is 12.5. The number of hydrogen-bond acceptors (Lipinski definition) is 3. The Labute approximate surface area is 160 Å². The Bertz CT molecular complexity index is 782. The molecular weight excluding hydrogens is 338 g/mol. The van der Waals surface area contributed by atoms with E-state index in [-0.39, 0.29) is 23.8 Å². The van der Waals surface area contributed by atoms with E-state index in [2.05, 4.69) is 10.3 Å². The molecule has 1 aliphatic rings. The van der Waals surface area contributed by atoms with Crippen molar-refractivity contribution in [2.24, 2.45) is 5.92 Å². The number of pyridine rings is 1. The van der Waals surface area contributed by atoms with Crippen molar-refractivity contribution in [3.63, 3.8) is 0 Å². The third-order valence-corrected chi connectivity index (χ3v) is 4.96. The van der Waals surface area contributed by atoms with Crippen LogP contribution in [0.5, 0.6) is 0 Å². The van der Waals surface area contributed by atoms with Crippen LogP contribution in [0.15, 0.2) is 60.9 Å². The molecule has 0 bridgehead atoms. The Hall–Kier alpha value is -2.95. The lowest BCUT2D eigenvalue weighted by Gasteiger charge is -2.31. The molecule has 1 fully saturated rings. The van der Waals surface area contributed by atoms with Gasteiger partial charge in [-0.3, -0.25) is 14.6 Å². The molecule has 1 atom stereocenters. The lowest BCUT2D eigenvalue weighted by atomic mass is 9.95. The van der Waals surface area contributed by atoms with Gasteiger partial charge in [-0.05, 0) is 49.1 Å². The van der Waals surface area contributed by atoms with Gasteiger partial charge in [0.15, 0.2) is 0 Å². The standard InChI is InChI=1S/C22H25N3O2/c1-17(19-9-13-23-14-10-19)24-22(27)20-11-15-25(16-12-20)21(26)8-7-18-5-3-2-4-6-18/h2-10,13-14,17,20H,11-12,15-16H2,1H3,(H,24,27)/b8-7+. The summed E-state index contributed by atoms with van der Waals surface area (Å²) in [5.41, 5.74) is 2.04. The van der Waals surface area contributed by atoms with Crippen LogP contribution >= 0.6 is 0 Å². The van der Waals surface area contributed by atoms with Gasteiger partial charge in [-0.1, -0.05) is 30.3 Å². The zero-order valence-corrected chi connectivity index (χ0v) is 15.5. The fourth-order valence-corrected chi connectivity index (χ4v) is 3.27. The fourth-order valence-electron chi connectivity index (χ4n) is 3.27. The van der Waals surface area contributed by atoms with Gasteiger partial charge in [0.2, 0.25) is 11.8 Å². The Morgan fingerprint density at radius 1 is 1.11 bits per heavy atom. The van der Waals surface area contributed by atoms with Crippen molar-refractivity contribution in [1.82, 2.24) is 15.2 Å². The van der Waals surface area contributed by atoms with Crippen molar-refractivity contribution >= 4 is 17.9 Å². The van der Waals surface area contributed by atoms with Gasteiger partial charge in [-0.15, -0.1) is 0 Å². The molecule has 0 spiro atoms. The number of hydrogen-bond donors (Lipinski definition) is 1. The van der Waals surface area contributed by atoms with Gasteiger partial charge in [0, 0.05) is 37.5 Å². The second-order valence-electron chi connectivity index (χ2n) is 6.85. The number of amides is 2. The molecule has 1 aromatic heterocycles. The molecule has 0 radical (unpaired) electrons. The Kier molecular flexibility index (Phi) is 6.36. The van der Waals surface area contributed by atoms with E-state index in [9.17, 15) is 9.59 Å². The summed E-state index contributed by atoms with van der Waals surface area (Å²) in [6, 6.07) is 13.5. The second-order valence-corrected chi connectivity index (χ2v) is 6.85. The summed E-state index contributed by atoms with van der Waals surface area (Å²) < 4.78 is 0. The highest BCUT2D eigenvalue weighted by atomic mass is 16.2. The number of benzene rings is 1. The molecule has 140 valence electrons. The monoisotopic (exact) mass is 363 g/mol. The third kappa shape index (κ3) is 5.26. The minimum absolute atomic E-state index is 0.00265.